The molecule has 184 valence electrons. The van der Waals surface area contributed by atoms with Crippen LogP contribution in [0.2, 0.25) is 0 Å². The van der Waals surface area contributed by atoms with Crippen molar-refractivity contribution in [3.63, 3.8) is 0 Å². The lowest BCUT2D eigenvalue weighted by Crippen LogP contribution is -2.34. The van der Waals surface area contributed by atoms with E-state index in [0.29, 0.717) is 12.2 Å². The summed E-state index contributed by atoms with van der Waals surface area (Å²) in [5.41, 5.74) is 5.54. The van der Waals surface area contributed by atoms with Crippen molar-refractivity contribution in [2.45, 2.75) is 57.8 Å². The van der Waals surface area contributed by atoms with Gasteiger partial charge in [-0.3, -0.25) is 9.69 Å². The molecular weight excluding hydrogens is 455 g/mol. The Labute approximate surface area is 202 Å². The molecule has 0 saturated carbocycles. The zero-order chi connectivity index (χ0) is 25.2. The van der Waals surface area contributed by atoms with Crippen molar-refractivity contribution in [1.82, 2.24) is 14.5 Å². The summed E-state index contributed by atoms with van der Waals surface area (Å²) in [7, 11) is 0. The smallest absolute Gasteiger partial charge is 0.330 e. The van der Waals surface area contributed by atoms with Crippen molar-refractivity contribution < 1.29 is 18.0 Å². The number of piperidine rings is 1. The molecule has 1 aliphatic heterocycles. The van der Waals surface area contributed by atoms with Crippen LogP contribution >= 0.6 is 0 Å². The first-order valence-corrected chi connectivity index (χ1v) is 11.7. The number of anilines is 1. The van der Waals surface area contributed by atoms with Crippen LogP contribution in [-0.2, 0) is 24.2 Å². The number of halogens is 3. The van der Waals surface area contributed by atoms with E-state index in [4.69, 9.17) is 0 Å². The van der Waals surface area contributed by atoms with Crippen LogP contribution in [0.4, 0.5) is 19.0 Å². The Morgan fingerprint density at radius 3 is 2.74 bits per heavy atom. The summed E-state index contributed by atoms with van der Waals surface area (Å²) in [6.45, 7) is 7.87. The number of nitriles is 1. The standard InChI is InChI=1S/C26H28F3N5O/c1-3-25(35)32-23-16-34(24(31-23)6-9-26(27,28)29)21-7-10-33(11-8-21)15-20-5-4-19-12-18(14-30)13-22(19)17(20)2/h3-5,13,16,21H,1,6-12,15H2,2H3,(H,32,35). The van der Waals surface area contributed by atoms with Gasteiger partial charge in [0.05, 0.1) is 12.5 Å². The number of aromatic nitrogens is 2. The highest BCUT2D eigenvalue weighted by atomic mass is 19.4. The van der Waals surface area contributed by atoms with Gasteiger partial charge < -0.3 is 9.88 Å². The van der Waals surface area contributed by atoms with E-state index in [2.05, 4.69) is 46.9 Å². The minimum absolute atomic E-state index is 0.0126. The zero-order valence-electron chi connectivity index (χ0n) is 19.7. The number of nitrogens with one attached hydrogen (secondary N) is 1. The first kappa shape index (κ1) is 24.7. The summed E-state index contributed by atoms with van der Waals surface area (Å²) >= 11 is 0. The number of imidazole rings is 1. The fraction of sp³-hybridized carbons (Fsp3) is 0.423. The molecule has 0 atom stereocenters. The van der Waals surface area contributed by atoms with Gasteiger partial charge in [0.25, 0.3) is 0 Å². The van der Waals surface area contributed by atoms with Crippen LogP contribution < -0.4 is 5.32 Å². The number of carbonyl (C=O) groups excluding carboxylic acids is 1. The third-order valence-corrected chi connectivity index (χ3v) is 6.78. The number of hydrogen-bond donors (Lipinski definition) is 1. The van der Waals surface area contributed by atoms with Crippen molar-refractivity contribution in [3.8, 4) is 6.07 Å². The van der Waals surface area contributed by atoms with Gasteiger partial charge in [-0.2, -0.15) is 18.4 Å². The van der Waals surface area contributed by atoms with Gasteiger partial charge in [-0.15, -0.1) is 0 Å². The van der Waals surface area contributed by atoms with Gasteiger partial charge in [0, 0.05) is 50.3 Å². The van der Waals surface area contributed by atoms with Gasteiger partial charge in [-0.05, 0) is 54.2 Å². The highest BCUT2D eigenvalue weighted by molar-refractivity contribution is 5.98. The molecule has 0 spiro atoms. The van der Waals surface area contributed by atoms with E-state index < -0.39 is 18.5 Å². The summed E-state index contributed by atoms with van der Waals surface area (Å²) in [5, 5.41) is 11.8. The van der Waals surface area contributed by atoms with E-state index in [0.717, 1.165) is 49.7 Å². The number of nitrogens with zero attached hydrogens (tertiary/aromatic N) is 4. The molecule has 0 bridgehead atoms. The molecule has 2 heterocycles. The quantitative estimate of drug-likeness (QED) is 0.556. The minimum Gasteiger partial charge on any atom is -0.330 e. The lowest BCUT2D eigenvalue weighted by atomic mass is 9.97. The molecule has 1 amide bonds. The van der Waals surface area contributed by atoms with E-state index >= 15 is 0 Å². The molecule has 2 aliphatic rings. The maximum Gasteiger partial charge on any atom is 0.389 e. The fourth-order valence-electron chi connectivity index (χ4n) is 4.88. The molecule has 35 heavy (non-hydrogen) atoms. The monoisotopic (exact) mass is 483 g/mol. The lowest BCUT2D eigenvalue weighted by molar-refractivity contribution is -0.134. The van der Waals surface area contributed by atoms with Crippen LogP contribution in [0.1, 0.15) is 53.4 Å². The van der Waals surface area contributed by atoms with Gasteiger partial charge in [0.2, 0.25) is 5.91 Å². The molecule has 1 aromatic heterocycles. The zero-order valence-corrected chi connectivity index (χ0v) is 19.7. The Morgan fingerprint density at radius 2 is 2.09 bits per heavy atom. The van der Waals surface area contributed by atoms with E-state index in [-0.39, 0.29) is 18.3 Å². The number of fused-ring (bicyclic) bond motifs is 1. The Morgan fingerprint density at radius 1 is 1.34 bits per heavy atom. The van der Waals surface area contributed by atoms with Crippen LogP contribution in [0.3, 0.4) is 0 Å². The van der Waals surface area contributed by atoms with Crippen molar-refractivity contribution in [2.24, 2.45) is 0 Å². The predicted octanol–water partition coefficient (Wildman–Crippen LogP) is 5.11. The summed E-state index contributed by atoms with van der Waals surface area (Å²) in [6.07, 6.45) is 1.47. The van der Waals surface area contributed by atoms with Crippen molar-refractivity contribution >= 4 is 17.8 Å². The van der Waals surface area contributed by atoms with E-state index in [1.54, 1.807) is 10.8 Å². The van der Waals surface area contributed by atoms with Gasteiger partial charge in [0.15, 0.2) is 5.82 Å². The lowest BCUT2D eigenvalue weighted by Gasteiger charge is -2.33. The van der Waals surface area contributed by atoms with Gasteiger partial charge >= 0.3 is 6.18 Å². The molecule has 1 aliphatic carbocycles. The Hall–Kier alpha value is -3.38. The number of hydrogen-bond acceptors (Lipinski definition) is 4. The van der Waals surface area contributed by atoms with Crippen LogP contribution in [-0.4, -0.2) is 39.6 Å². The van der Waals surface area contributed by atoms with Gasteiger partial charge in [0.1, 0.15) is 5.82 Å². The third-order valence-electron chi connectivity index (χ3n) is 6.78. The van der Waals surface area contributed by atoms with Crippen LogP contribution in [0.5, 0.6) is 0 Å². The number of allylic oxidation sites excluding steroid dienone is 1. The van der Waals surface area contributed by atoms with Crippen LogP contribution in [0.15, 0.2) is 36.6 Å². The number of aryl methyl sites for hydroxylation is 1. The highest BCUT2D eigenvalue weighted by Gasteiger charge is 2.30. The van der Waals surface area contributed by atoms with Crippen molar-refractivity contribution in [2.75, 3.05) is 18.4 Å². The largest absolute Gasteiger partial charge is 0.389 e. The van der Waals surface area contributed by atoms with E-state index in [9.17, 15) is 23.2 Å². The first-order chi connectivity index (χ1) is 16.7. The number of alkyl halides is 3. The molecule has 0 unspecified atom stereocenters. The van der Waals surface area contributed by atoms with Crippen molar-refractivity contribution in [1.29, 1.82) is 5.26 Å². The molecule has 4 rings (SSSR count). The van der Waals surface area contributed by atoms with Crippen LogP contribution in [0, 0.1) is 18.3 Å². The molecule has 2 aromatic rings. The van der Waals surface area contributed by atoms with E-state index in [1.807, 2.05) is 6.08 Å². The van der Waals surface area contributed by atoms with Crippen LogP contribution in [0.25, 0.3) is 6.08 Å². The maximum atomic E-state index is 12.9. The topological polar surface area (TPSA) is 74.0 Å². The van der Waals surface area contributed by atoms with Crippen molar-refractivity contribution in [3.05, 3.63) is 64.6 Å². The second kappa shape index (κ2) is 10.1. The number of amides is 1. The molecule has 1 N–H and O–H groups in total. The molecule has 1 saturated heterocycles. The first-order valence-electron chi connectivity index (χ1n) is 11.7. The number of carbonyl (C=O) groups is 1. The SMILES string of the molecule is C=CC(=O)Nc1cn(C2CCN(Cc3ccc4c(c3C)C=C(C#N)C4)CC2)c(CCC(F)(F)F)n1. The highest BCUT2D eigenvalue weighted by Crippen LogP contribution is 2.32. The molecule has 6 nitrogen and oxygen atoms in total. The Bertz CT molecular complexity index is 1200. The summed E-state index contributed by atoms with van der Waals surface area (Å²) in [5.74, 6) is 0.121. The molecule has 9 heteroatoms. The molecule has 1 aromatic carbocycles. The maximum absolute atomic E-state index is 12.9. The minimum atomic E-state index is -4.28. The third kappa shape index (κ3) is 5.82. The average molecular weight is 484 g/mol. The van der Waals surface area contributed by atoms with Gasteiger partial charge in [-0.1, -0.05) is 18.7 Å². The molecule has 0 radical (unpaired) electrons. The Kier molecular flexibility index (Phi) is 7.13. The van der Waals surface area contributed by atoms with Gasteiger partial charge in [-0.25, -0.2) is 4.98 Å². The molecular formula is C26H28F3N5O. The second-order valence-corrected chi connectivity index (χ2v) is 9.15. The van der Waals surface area contributed by atoms with E-state index in [1.165, 1.54) is 16.7 Å². The Balaban J connectivity index is 1.44. The second-order valence-electron chi connectivity index (χ2n) is 9.15. The fourth-order valence-corrected chi connectivity index (χ4v) is 4.88. The average Bonchev–Trinajstić information content (AvgIpc) is 3.44. The summed E-state index contributed by atoms with van der Waals surface area (Å²) in [6, 6.07) is 6.49. The molecule has 1 fully saturated rings. The predicted molar refractivity (Wildman–Crippen MR) is 127 cm³/mol. The number of likely N-dealkylation sites (tertiary alicyclic amines) is 1. The normalized spacial score (nSPS) is 16.5. The number of benzene rings is 1. The number of rotatable bonds is 7. The summed E-state index contributed by atoms with van der Waals surface area (Å²) < 4.78 is 40.4. The summed E-state index contributed by atoms with van der Waals surface area (Å²) in [4.78, 5) is 18.3.